The van der Waals surface area contributed by atoms with E-state index in [0.29, 0.717) is 0 Å². The van der Waals surface area contributed by atoms with E-state index in [-0.39, 0.29) is 36.7 Å². The highest BCUT2D eigenvalue weighted by atomic mass is 79.9. The monoisotopic (exact) mass is 400 g/mol. The number of halogens is 4. The third-order valence-electron chi connectivity index (χ3n) is 3.74. The molecule has 1 heterocycles. The Morgan fingerprint density at radius 1 is 1.29 bits per heavy atom. The summed E-state index contributed by atoms with van der Waals surface area (Å²) in [4.78, 5) is 2.41. The van der Waals surface area contributed by atoms with Gasteiger partial charge in [0.15, 0.2) is 0 Å². The first-order chi connectivity index (χ1) is 9.22. The summed E-state index contributed by atoms with van der Waals surface area (Å²) < 4.78 is 15.1. The van der Waals surface area contributed by atoms with Crippen molar-refractivity contribution in [3.8, 4) is 0 Å². The lowest BCUT2D eigenvalue weighted by molar-refractivity contribution is 0.160. The van der Waals surface area contributed by atoms with Crippen LogP contribution in [0, 0.1) is 5.82 Å². The van der Waals surface area contributed by atoms with E-state index in [9.17, 15) is 4.39 Å². The van der Waals surface area contributed by atoms with Gasteiger partial charge in [-0.1, -0.05) is 35.7 Å². The molecule has 0 aromatic heterocycles. The maximum Gasteiger partial charge on any atom is 0.128 e. The van der Waals surface area contributed by atoms with Crippen LogP contribution in [0.25, 0.3) is 0 Å². The van der Waals surface area contributed by atoms with Crippen molar-refractivity contribution in [3.63, 3.8) is 0 Å². The highest BCUT2D eigenvalue weighted by Crippen LogP contribution is 2.30. The maximum atomic E-state index is 14.1. The van der Waals surface area contributed by atoms with Gasteiger partial charge in [0.2, 0.25) is 0 Å². The number of rotatable bonds is 5. The Hall–Kier alpha value is 0.130. The van der Waals surface area contributed by atoms with Crippen molar-refractivity contribution >= 4 is 40.7 Å². The molecule has 1 aliphatic heterocycles. The minimum atomic E-state index is -0.0807. The second-order valence-corrected chi connectivity index (χ2v) is 6.03. The average molecular weight is 402 g/mol. The van der Waals surface area contributed by atoms with Crippen LogP contribution in [0.5, 0.6) is 0 Å². The summed E-state index contributed by atoms with van der Waals surface area (Å²) in [6.07, 6.45) is 3.32. The highest BCUT2D eigenvalue weighted by Gasteiger charge is 2.24. The number of hydrogen-bond acceptors (Lipinski definition) is 2. The first-order valence-corrected chi connectivity index (χ1v) is 7.91. The van der Waals surface area contributed by atoms with Crippen LogP contribution in [0.1, 0.15) is 37.8 Å². The molecular formula is C15H24BrCl2FN2. The fraction of sp³-hybridized carbons (Fsp3) is 0.600. The maximum absolute atomic E-state index is 14.1. The van der Waals surface area contributed by atoms with Crippen LogP contribution in [-0.2, 0) is 0 Å². The lowest BCUT2D eigenvalue weighted by Gasteiger charge is -2.35. The summed E-state index contributed by atoms with van der Waals surface area (Å²) in [5.41, 5.74) is 0.838. The predicted molar refractivity (Wildman–Crippen MR) is 95.3 cm³/mol. The first kappa shape index (κ1) is 21.1. The Kier molecular flexibility index (Phi) is 10.9. The van der Waals surface area contributed by atoms with Gasteiger partial charge in [-0.3, -0.25) is 4.90 Å². The smallest absolute Gasteiger partial charge is 0.128 e. The van der Waals surface area contributed by atoms with Crippen LogP contribution < -0.4 is 5.32 Å². The molecule has 21 heavy (non-hydrogen) atoms. The van der Waals surface area contributed by atoms with E-state index in [1.807, 2.05) is 6.07 Å². The van der Waals surface area contributed by atoms with Crippen molar-refractivity contribution in [2.75, 3.05) is 26.2 Å². The Morgan fingerprint density at radius 2 is 1.95 bits per heavy atom. The molecule has 0 radical (unpaired) electrons. The van der Waals surface area contributed by atoms with Crippen molar-refractivity contribution in [1.29, 1.82) is 0 Å². The fourth-order valence-corrected chi connectivity index (χ4v) is 3.07. The second kappa shape index (κ2) is 10.8. The summed E-state index contributed by atoms with van der Waals surface area (Å²) in [5, 5.41) is 3.36. The number of nitrogens with zero attached hydrogens (tertiary/aromatic N) is 1. The van der Waals surface area contributed by atoms with E-state index in [0.717, 1.165) is 55.5 Å². The lowest BCUT2D eigenvalue weighted by Crippen LogP contribution is -2.45. The van der Waals surface area contributed by atoms with Crippen molar-refractivity contribution < 1.29 is 4.39 Å². The number of piperazine rings is 1. The summed E-state index contributed by atoms with van der Waals surface area (Å²) in [6, 6.07) is 5.49. The zero-order valence-corrected chi connectivity index (χ0v) is 15.5. The van der Waals surface area contributed by atoms with Crippen molar-refractivity contribution in [2.45, 2.75) is 32.2 Å². The van der Waals surface area contributed by atoms with Gasteiger partial charge in [-0.15, -0.1) is 24.8 Å². The summed E-state index contributed by atoms with van der Waals surface area (Å²) >= 11 is 3.46. The third-order valence-corrected chi connectivity index (χ3v) is 4.23. The van der Waals surface area contributed by atoms with Gasteiger partial charge in [-0.2, -0.15) is 0 Å². The van der Waals surface area contributed by atoms with Gasteiger partial charge in [-0.25, -0.2) is 4.39 Å². The molecule has 0 spiro atoms. The minimum absolute atomic E-state index is 0. The van der Waals surface area contributed by atoms with Crippen molar-refractivity contribution in [1.82, 2.24) is 10.2 Å². The molecule has 1 aromatic rings. The molecule has 1 aromatic carbocycles. The summed E-state index contributed by atoms with van der Waals surface area (Å²) in [6.45, 7) is 6.18. The fourth-order valence-electron chi connectivity index (χ4n) is 2.70. The van der Waals surface area contributed by atoms with Gasteiger partial charge in [0, 0.05) is 42.3 Å². The molecular weight excluding hydrogens is 378 g/mol. The van der Waals surface area contributed by atoms with Gasteiger partial charge in [-0.05, 0) is 24.6 Å². The molecule has 0 amide bonds. The predicted octanol–water partition coefficient (Wildman–Crippen LogP) is 4.57. The van der Waals surface area contributed by atoms with Gasteiger partial charge in [0.05, 0.1) is 0 Å². The van der Waals surface area contributed by atoms with Gasteiger partial charge >= 0.3 is 0 Å². The van der Waals surface area contributed by atoms with E-state index in [4.69, 9.17) is 0 Å². The number of benzene rings is 1. The molecule has 0 unspecified atom stereocenters. The molecule has 1 atom stereocenters. The highest BCUT2D eigenvalue weighted by molar-refractivity contribution is 9.10. The van der Waals surface area contributed by atoms with Crippen LogP contribution in [0.2, 0.25) is 0 Å². The Bertz CT molecular complexity index is 415. The van der Waals surface area contributed by atoms with Crippen molar-refractivity contribution in [2.24, 2.45) is 0 Å². The minimum Gasteiger partial charge on any atom is -0.314 e. The van der Waals surface area contributed by atoms with E-state index in [1.54, 1.807) is 12.1 Å². The second-order valence-electron chi connectivity index (χ2n) is 5.11. The van der Waals surface area contributed by atoms with Crippen LogP contribution in [-0.4, -0.2) is 31.1 Å². The Balaban J connectivity index is 0.00000200. The first-order valence-electron chi connectivity index (χ1n) is 7.12. The van der Waals surface area contributed by atoms with Gasteiger partial charge < -0.3 is 5.32 Å². The lowest BCUT2D eigenvalue weighted by atomic mass is 9.98. The topological polar surface area (TPSA) is 15.3 Å². The SMILES string of the molecule is CCCC[C@@H](c1cc(Br)ccc1F)N1CCNCC1.Cl.Cl. The summed E-state index contributed by atoms with van der Waals surface area (Å²) in [5.74, 6) is -0.0807. The average Bonchev–Trinajstić information content (AvgIpc) is 2.44. The summed E-state index contributed by atoms with van der Waals surface area (Å²) in [7, 11) is 0. The molecule has 2 rings (SSSR count). The molecule has 0 saturated carbocycles. The Labute approximate surface area is 147 Å². The van der Waals surface area contributed by atoms with Crippen LogP contribution in [0.3, 0.4) is 0 Å². The molecule has 2 nitrogen and oxygen atoms in total. The zero-order valence-electron chi connectivity index (χ0n) is 12.3. The molecule has 122 valence electrons. The standard InChI is InChI=1S/C15H22BrFN2.2ClH/c1-2-3-4-15(19-9-7-18-8-10-19)13-11-12(16)5-6-14(13)17;;/h5-6,11,15,18H,2-4,7-10H2,1H3;2*1H/t15-;;/m0../s1. The molecule has 1 saturated heterocycles. The van der Waals surface area contributed by atoms with Crippen LogP contribution in [0.15, 0.2) is 22.7 Å². The molecule has 1 N–H and O–H groups in total. The number of unbranched alkanes of at least 4 members (excludes halogenated alkanes) is 1. The molecule has 0 aliphatic carbocycles. The molecule has 0 bridgehead atoms. The van der Waals surface area contributed by atoms with Crippen LogP contribution in [0.4, 0.5) is 4.39 Å². The van der Waals surface area contributed by atoms with Crippen molar-refractivity contribution in [3.05, 3.63) is 34.1 Å². The zero-order chi connectivity index (χ0) is 13.7. The number of nitrogens with one attached hydrogen (secondary N) is 1. The number of hydrogen-bond donors (Lipinski definition) is 1. The van der Waals surface area contributed by atoms with E-state index >= 15 is 0 Å². The molecule has 6 heteroatoms. The van der Waals surface area contributed by atoms with Gasteiger partial charge in [0.25, 0.3) is 0 Å². The van der Waals surface area contributed by atoms with Crippen LogP contribution >= 0.6 is 40.7 Å². The molecule has 1 fully saturated rings. The molecule has 1 aliphatic rings. The normalized spacial score (nSPS) is 16.7. The largest absolute Gasteiger partial charge is 0.314 e. The van der Waals surface area contributed by atoms with E-state index < -0.39 is 0 Å². The van der Waals surface area contributed by atoms with E-state index in [1.165, 1.54) is 0 Å². The van der Waals surface area contributed by atoms with E-state index in [2.05, 4.69) is 33.1 Å². The van der Waals surface area contributed by atoms with Gasteiger partial charge in [0.1, 0.15) is 5.82 Å². The quantitative estimate of drug-likeness (QED) is 0.777. The third kappa shape index (κ3) is 6.03. The Morgan fingerprint density at radius 3 is 2.57 bits per heavy atom.